The van der Waals surface area contributed by atoms with Gasteiger partial charge < -0.3 is 10.5 Å². The summed E-state index contributed by atoms with van der Waals surface area (Å²) in [5, 5.41) is 0. The first-order valence-electron chi connectivity index (χ1n) is 4.80. The second-order valence-electron chi connectivity index (χ2n) is 3.25. The third-order valence-electron chi connectivity index (χ3n) is 1.95. The van der Waals surface area contributed by atoms with E-state index in [0.29, 0.717) is 6.61 Å². The Morgan fingerprint density at radius 1 is 1.36 bits per heavy atom. The highest BCUT2D eigenvalue weighted by Crippen LogP contribution is 2.08. The van der Waals surface area contributed by atoms with Crippen molar-refractivity contribution in [3.05, 3.63) is 33.4 Å². The summed E-state index contributed by atoms with van der Waals surface area (Å²) in [6, 6.07) is 8.54. The summed E-state index contributed by atoms with van der Waals surface area (Å²) in [7, 11) is 0. The second kappa shape index (κ2) is 6.37. The minimum atomic E-state index is 0.106. The van der Waals surface area contributed by atoms with Crippen LogP contribution in [-0.2, 0) is 11.2 Å². The second-order valence-corrected chi connectivity index (χ2v) is 4.50. The predicted molar refractivity (Wildman–Crippen MR) is 67.3 cm³/mol. The molecule has 0 saturated heterocycles. The molecule has 0 saturated carbocycles. The van der Waals surface area contributed by atoms with Crippen LogP contribution < -0.4 is 5.73 Å². The van der Waals surface area contributed by atoms with E-state index < -0.39 is 0 Å². The van der Waals surface area contributed by atoms with E-state index in [0.717, 1.165) is 13.0 Å². The molecule has 2 nitrogen and oxygen atoms in total. The molecule has 0 aliphatic carbocycles. The van der Waals surface area contributed by atoms with Gasteiger partial charge in [0.2, 0.25) is 0 Å². The van der Waals surface area contributed by atoms with E-state index in [1.807, 2.05) is 6.92 Å². The SMILES string of the molecule is CCOCC(N)Cc1ccc(I)cc1. The van der Waals surface area contributed by atoms with Crippen LogP contribution >= 0.6 is 22.6 Å². The van der Waals surface area contributed by atoms with Crippen molar-refractivity contribution in [3.8, 4) is 0 Å². The van der Waals surface area contributed by atoms with Crippen LogP contribution in [0.5, 0.6) is 0 Å². The topological polar surface area (TPSA) is 35.2 Å². The highest BCUT2D eigenvalue weighted by atomic mass is 127. The molecule has 78 valence electrons. The van der Waals surface area contributed by atoms with Gasteiger partial charge in [-0.3, -0.25) is 0 Å². The Morgan fingerprint density at radius 3 is 2.57 bits per heavy atom. The number of halogens is 1. The van der Waals surface area contributed by atoms with Crippen LogP contribution in [0.2, 0.25) is 0 Å². The van der Waals surface area contributed by atoms with Gasteiger partial charge in [-0.15, -0.1) is 0 Å². The van der Waals surface area contributed by atoms with Crippen molar-refractivity contribution in [3.63, 3.8) is 0 Å². The molecule has 1 unspecified atom stereocenters. The third kappa shape index (κ3) is 4.39. The van der Waals surface area contributed by atoms with Gasteiger partial charge in [0.1, 0.15) is 0 Å². The minimum absolute atomic E-state index is 0.106. The Hall–Kier alpha value is -0.130. The third-order valence-corrected chi connectivity index (χ3v) is 2.67. The first kappa shape index (κ1) is 11.9. The zero-order valence-corrected chi connectivity index (χ0v) is 10.5. The summed E-state index contributed by atoms with van der Waals surface area (Å²) >= 11 is 2.30. The number of hydrogen-bond acceptors (Lipinski definition) is 2. The molecule has 0 aliphatic rings. The average Bonchev–Trinajstić information content (AvgIpc) is 2.18. The number of nitrogens with two attached hydrogens (primary N) is 1. The van der Waals surface area contributed by atoms with Gasteiger partial charge in [0.15, 0.2) is 0 Å². The molecule has 3 heteroatoms. The molecule has 1 atom stereocenters. The molecule has 0 heterocycles. The van der Waals surface area contributed by atoms with Crippen molar-refractivity contribution >= 4 is 22.6 Å². The maximum absolute atomic E-state index is 5.90. The normalized spacial score (nSPS) is 12.8. The molecule has 1 rings (SSSR count). The molecule has 0 bridgehead atoms. The zero-order chi connectivity index (χ0) is 10.4. The van der Waals surface area contributed by atoms with Crippen molar-refractivity contribution in [2.75, 3.05) is 13.2 Å². The molecule has 1 aromatic carbocycles. The van der Waals surface area contributed by atoms with Crippen LogP contribution in [0, 0.1) is 3.57 Å². The van der Waals surface area contributed by atoms with Crippen LogP contribution in [0.1, 0.15) is 12.5 Å². The van der Waals surface area contributed by atoms with Crippen LogP contribution in [0.15, 0.2) is 24.3 Å². The monoisotopic (exact) mass is 305 g/mol. The first-order valence-corrected chi connectivity index (χ1v) is 5.88. The van der Waals surface area contributed by atoms with Crippen LogP contribution in [0.25, 0.3) is 0 Å². The minimum Gasteiger partial charge on any atom is -0.380 e. The molecule has 1 aromatic rings. The Bertz CT molecular complexity index is 260. The molecule has 0 spiro atoms. The largest absolute Gasteiger partial charge is 0.380 e. The maximum atomic E-state index is 5.90. The smallest absolute Gasteiger partial charge is 0.0620 e. The van der Waals surface area contributed by atoms with E-state index >= 15 is 0 Å². The van der Waals surface area contributed by atoms with Gasteiger partial charge in [0, 0.05) is 16.2 Å². The van der Waals surface area contributed by atoms with Gasteiger partial charge >= 0.3 is 0 Å². The highest BCUT2D eigenvalue weighted by molar-refractivity contribution is 14.1. The molecule has 0 aliphatic heterocycles. The fourth-order valence-electron chi connectivity index (χ4n) is 1.25. The fraction of sp³-hybridized carbons (Fsp3) is 0.455. The molecule has 0 fully saturated rings. The van der Waals surface area contributed by atoms with Gasteiger partial charge in [0.05, 0.1) is 6.61 Å². The molecular weight excluding hydrogens is 289 g/mol. The molecule has 0 aromatic heterocycles. The Kier molecular flexibility index (Phi) is 5.44. The first-order chi connectivity index (χ1) is 6.72. The van der Waals surface area contributed by atoms with Crippen molar-refractivity contribution in [1.29, 1.82) is 0 Å². The summed E-state index contributed by atoms with van der Waals surface area (Å²) in [6.45, 7) is 3.36. The van der Waals surface area contributed by atoms with Crippen LogP contribution in [-0.4, -0.2) is 19.3 Å². The summed E-state index contributed by atoms with van der Waals surface area (Å²) in [4.78, 5) is 0. The summed E-state index contributed by atoms with van der Waals surface area (Å²) < 4.78 is 6.52. The van der Waals surface area contributed by atoms with E-state index in [9.17, 15) is 0 Å². The van der Waals surface area contributed by atoms with Crippen molar-refractivity contribution in [2.24, 2.45) is 5.73 Å². The lowest BCUT2D eigenvalue weighted by molar-refractivity contribution is 0.133. The Labute approximate surface area is 99.0 Å². The highest BCUT2D eigenvalue weighted by Gasteiger charge is 2.03. The summed E-state index contributed by atoms with van der Waals surface area (Å²) in [6.07, 6.45) is 0.886. The maximum Gasteiger partial charge on any atom is 0.0620 e. The van der Waals surface area contributed by atoms with Gasteiger partial charge in [-0.1, -0.05) is 12.1 Å². The predicted octanol–water partition coefficient (Wildman–Crippen LogP) is 2.20. The Morgan fingerprint density at radius 2 is 2.00 bits per heavy atom. The van der Waals surface area contributed by atoms with Crippen LogP contribution in [0.4, 0.5) is 0 Å². The van der Waals surface area contributed by atoms with Crippen molar-refractivity contribution in [2.45, 2.75) is 19.4 Å². The number of ether oxygens (including phenoxy) is 1. The molecule has 0 radical (unpaired) electrons. The van der Waals surface area contributed by atoms with Gasteiger partial charge in [-0.2, -0.15) is 0 Å². The van der Waals surface area contributed by atoms with E-state index in [1.54, 1.807) is 0 Å². The van der Waals surface area contributed by atoms with Crippen molar-refractivity contribution < 1.29 is 4.74 Å². The molecular formula is C11H16INO. The summed E-state index contributed by atoms with van der Waals surface area (Å²) in [5.41, 5.74) is 7.18. The molecule has 0 amide bonds. The fourth-order valence-corrected chi connectivity index (χ4v) is 1.61. The van der Waals surface area contributed by atoms with Gasteiger partial charge in [0.25, 0.3) is 0 Å². The number of rotatable bonds is 5. The van der Waals surface area contributed by atoms with E-state index in [1.165, 1.54) is 9.13 Å². The number of benzene rings is 1. The zero-order valence-electron chi connectivity index (χ0n) is 8.37. The average molecular weight is 305 g/mol. The van der Waals surface area contributed by atoms with Crippen molar-refractivity contribution in [1.82, 2.24) is 0 Å². The van der Waals surface area contributed by atoms with E-state index in [2.05, 4.69) is 46.9 Å². The van der Waals surface area contributed by atoms with E-state index in [-0.39, 0.29) is 6.04 Å². The van der Waals surface area contributed by atoms with Gasteiger partial charge in [-0.25, -0.2) is 0 Å². The quantitative estimate of drug-likeness (QED) is 0.847. The molecule has 2 N–H and O–H groups in total. The summed E-state index contributed by atoms with van der Waals surface area (Å²) in [5.74, 6) is 0. The lowest BCUT2D eigenvalue weighted by atomic mass is 10.1. The van der Waals surface area contributed by atoms with E-state index in [4.69, 9.17) is 10.5 Å². The van der Waals surface area contributed by atoms with Gasteiger partial charge in [-0.05, 0) is 53.6 Å². The standard InChI is InChI=1S/C11H16INO/c1-2-14-8-11(13)7-9-3-5-10(12)6-4-9/h3-6,11H,2,7-8,13H2,1H3. The molecule has 14 heavy (non-hydrogen) atoms. The van der Waals surface area contributed by atoms with Crippen LogP contribution in [0.3, 0.4) is 0 Å². The Balaban J connectivity index is 2.39. The lowest BCUT2D eigenvalue weighted by Crippen LogP contribution is -2.28. The lowest BCUT2D eigenvalue weighted by Gasteiger charge is -2.11. The number of hydrogen-bond donors (Lipinski definition) is 1.